The predicted octanol–water partition coefficient (Wildman–Crippen LogP) is 3.37. The van der Waals surface area contributed by atoms with E-state index in [2.05, 4.69) is 11.8 Å². The van der Waals surface area contributed by atoms with Crippen molar-refractivity contribution in [2.45, 2.75) is 38.1 Å². The number of carbonyl (C=O) groups is 1. The van der Waals surface area contributed by atoms with Crippen molar-refractivity contribution in [1.82, 2.24) is 14.1 Å². The molecule has 7 heteroatoms. The average molecular weight is 456 g/mol. The second kappa shape index (κ2) is 9.73. The van der Waals surface area contributed by atoms with E-state index in [-0.39, 0.29) is 5.91 Å². The maximum absolute atomic E-state index is 12.9. The van der Waals surface area contributed by atoms with Crippen LogP contribution in [0.5, 0.6) is 0 Å². The van der Waals surface area contributed by atoms with Gasteiger partial charge >= 0.3 is 0 Å². The summed E-state index contributed by atoms with van der Waals surface area (Å²) in [6, 6.07) is 14.9. The molecule has 0 spiro atoms. The van der Waals surface area contributed by atoms with Gasteiger partial charge in [0.25, 0.3) is 5.91 Å². The maximum atomic E-state index is 12.9. The molecule has 172 valence electrons. The molecule has 0 bridgehead atoms. The van der Waals surface area contributed by atoms with Crippen molar-refractivity contribution < 1.29 is 13.2 Å². The smallest absolute Gasteiger partial charge is 0.253 e. The van der Waals surface area contributed by atoms with Gasteiger partial charge in [-0.3, -0.25) is 9.69 Å². The molecule has 0 atom stereocenters. The molecular weight excluding hydrogens is 422 g/mol. The number of carbonyl (C=O) groups excluding carboxylic acids is 1. The number of piperazine rings is 1. The van der Waals surface area contributed by atoms with Crippen LogP contribution in [0.1, 0.15) is 41.3 Å². The molecule has 0 aromatic heterocycles. The molecule has 0 N–H and O–H groups in total. The number of hydrogen-bond donors (Lipinski definition) is 0. The Balaban J connectivity index is 1.35. The van der Waals surface area contributed by atoms with Crippen LogP contribution < -0.4 is 0 Å². The summed E-state index contributed by atoms with van der Waals surface area (Å²) >= 11 is 0. The molecule has 32 heavy (non-hydrogen) atoms. The first-order chi connectivity index (χ1) is 15.3. The van der Waals surface area contributed by atoms with Gasteiger partial charge in [0.2, 0.25) is 10.0 Å². The fourth-order valence-corrected chi connectivity index (χ4v) is 5.86. The zero-order valence-electron chi connectivity index (χ0n) is 19.0. The van der Waals surface area contributed by atoms with E-state index in [4.69, 9.17) is 0 Å². The van der Waals surface area contributed by atoms with Gasteiger partial charge in [0.15, 0.2) is 0 Å². The molecule has 2 aromatic carbocycles. The minimum Gasteiger partial charge on any atom is -0.339 e. The molecule has 2 fully saturated rings. The van der Waals surface area contributed by atoms with Crippen molar-refractivity contribution in [2.24, 2.45) is 5.92 Å². The summed E-state index contributed by atoms with van der Waals surface area (Å²) in [5.41, 5.74) is 2.89. The topological polar surface area (TPSA) is 60.9 Å². The number of nitrogens with zero attached hydrogens (tertiary/aromatic N) is 3. The maximum Gasteiger partial charge on any atom is 0.253 e. The van der Waals surface area contributed by atoms with Crippen LogP contribution in [0.3, 0.4) is 0 Å². The summed E-state index contributed by atoms with van der Waals surface area (Å²) in [4.78, 5) is 17.5. The lowest BCUT2D eigenvalue weighted by molar-refractivity contribution is 0.0697. The Kier molecular flexibility index (Phi) is 6.98. The van der Waals surface area contributed by atoms with Crippen molar-refractivity contribution >= 4 is 15.9 Å². The van der Waals surface area contributed by atoms with E-state index in [1.54, 1.807) is 16.4 Å². The molecule has 6 nitrogen and oxygen atoms in total. The molecule has 0 aliphatic carbocycles. The molecule has 2 aromatic rings. The zero-order chi connectivity index (χ0) is 22.7. The van der Waals surface area contributed by atoms with Gasteiger partial charge in [-0.2, -0.15) is 4.31 Å². The third-order valence-electron chi connectivity index (χ3n) is 6.64. The van der Waals surface area contributed by atoms with Crippen molar-refractivity contribution in [1.29, 1.82) is 0 Å². The first-order valence-corrected chi connectivity index (χ1v) is 12.9. The molecule has 2 saturated heterocycles. The zero-order valence-corrected chi connectivity index (χ0v) is 19.9. The number of hydrogen-bond acceptors (Lipinski definition) is 4. The molecule has 2 aliphatic heterocycles. The van der Waals surface area contributed by atoms with E-state index in [0.717, 1.165) is 49.2 Å². The number of amides is 1. The van der Waals surface area contributed by atoms with Gasteiger partial charge in [-0.1, -0.05) is 36.8 Å². The molecule has 2 heterocycles. The summed E-state index contributed by atoms with van der Waals surface area (Å²) in [7, 11) is -3.45. The van der Waals surface area contributed by atoms with Gasteiger partial charge in [-0.25, -0.2) is 8.42 Å². The first kappa shape index (κ1) is 23.0. The highest BCUT2D eigenvalue weighted by molar-refractivity contribution is 7.89. The highest BCUT2D eigenvalue weighted by atomic mass is 32.2. The summed E-state index contributed by atoms with van der Waals surface area (Å²) in [5.74, 6) is 0.812. The number of likely N-dealkylation sites (tertiary alicyclic amines) is 1. The number of benzene rings is 2. The fourth-order valence-electron chi connectivity index (χ4n) is 4.44. The molecular formula is C25H33N3O3S. The monoisotopic (exact) mass is 455 g/mol. The molecule has 0 saturated carbocycles. The van der Waals surface area contributed by atoms with Gasteiger partial charge in [-0.15, -0.1) is 0 Å². The largest absolute Gasteiger partial charge is 0.339 e. The van der Waals surface area contributed by atoms with Gasteiger partial charge < -0.3 is 4.90 Å². The van der Waals surface area contributed by atoms with Gasteiger partial charge in [0.1, 0.15) is 0 Å². The van der Waals surface area contributed by atoms with E-state index in [9.17, 15) is 13.2 Å². The summed E-state index contributed by atoms with van der Waals surface area (Å²) in [6.07, 6.45) is 2.14. The standard InChI is InChI=1S/C25H33N3O3S/c1-20-6-8-24(9-7-20)32(30,31)28-16-14-26(15-17-28)19-22-4-3-5-23(18-22)25(29)27-12-10-21(2)11-13-27/h3-9,18,21H,10-17,19H2,1-2H3. The quantitative estimate of drug-likeness (QED) is 0.694. The first-order valence-electron chi connectivity index (χ1n) is 11.5. The van der Waals surface area contributed by atoms with Gasteiger partial charge in [0.05, 0.1) is 4.90 Å². The highest BCUT2D eigenvalue weighted by Crippen LogP contribution is 2.21. The van der Waals surface area contributed by atoms with Crippen LogP contribution in [-0.2, 0) is 16.6 Å². The Morgan fingerprint density at radius 2 is 1.59 bits per heavy atom. The van der Waals surface area contributed by atoms with E-state index in [1.165, 1.54) is 0 Å². The number of sulfonamides is 1. The van der Waals surface area contributed by atoms with Crippen LogP contribution in [0.4, 0.5) is 0 Å². The minimum absolute atomic E-state index is 0.118. The molecule has 0 unspecified atom stereocenters. The minimum atomic E-state index is -3.45. The highest BCUT2D eigenvalue weighted by Gasteiger charge is 2.28. The molecule has 2 aliphatic rings. The third kappa shape index (κ3) is 5.22. The predicted molar refractivity (Wildman–Crippen MR) is 126 cm³/mol. The Morgan fingerprint density at radius 1 is 0.938 bits per heavy atom. The van der Waals surface area contributed by atoms with Crippen LogP contribution >= 0.6 is 0 Å². The molecule has 1 amide bonds. The lowest BCUT2D eigenvalue weighted by Gasteiger charge is -2.34. The van der Waals surface area contributed by atoms with Gasteiger partial charge in [-0.05, 0) is 55.5 Å². The fraction of sp³-hybridized carbons (Fsp3) is 0.480. The summed E-state index contributed by atoms with van der Waals surface area (Å²) in [5, 5.41) is 0. The van der Waals surface area contributed by atoms with Gasteiger partial charge in [0, 0.05) is 51.4 Å². The second-order valence-corrected chi connectivity index (χ2v) is 11.1. The lowest BCUT2D eigenvalue weighted by Crippen LogP contribution is -2.48. The summed E-state index contributed by atoms with van der Waals surface area (Å²) in [6.45, 7) is 8.88. The van der Waals surface area contributed by atoms with Crippen LogP contribution in [0, 0.1) is 12.8 Å². The normalized spacial score (nSPS) is 19.2. The van der Waals surface area contributed by atoms with E-state index < -0.39 is 10.0 Å². The van der Waals surface area contributed by atoms with Crippen LogP contribution in [0.25, 0.3) is 0 Å². The summed E-state index contributed by atoms with van der Waals surface area (Å²) < 4.78 is 27.4. The Bertz CT molecular complexity index is 1040. The van der Waals surface area contributed by atoms with Crippen molar-refractivity contribution in [3.8, 4) is 0 Å². The van der Waals surface area contributed by atoms with E-state index in [1.807, 2.05) is 48.2 Å². The number of rotatable bonds is 5. The molecule has 0 radical (unpaired) electrons. The van der Waals surface area contributed by atoms with Crippen molar-refractivity contribution in [3.63, 3.8) is 0 Å². The van der Waals surface area contributed by atoms with Crippen LogP contribution in [-0.4, -0.2) is 67.7 Å². The van der Waals surface area contributed by atoms with E-state index >= 15 is 0 Å². The lowest BCUT2D eigenvalue weighted by atomic mass is 9.98. The van der Waals surface area contributed by atoms with Crippen molar-refractivity contribution in [3.05, 3.63) is 65.2 Å². The molecule has 4 rings (SSSR count). The third-order valence-corrected chi connectivity index (χ3v) is 8.55. The average Bonchev–Trinajstić information content (AvgIpc) is 2.80. The number of aryl methyl sites for hydroxylation is 1. The Hall–Kier alpha value is -2.22. The van der Waals surface area contributed by atoms with Crippen LogP contribution in [0.15, 0.2) is 53.4 Å². The SMILES string of the molecule is Cc1ccc(S(=O)(=O)N2CCN(Cc3cccc(C(=O)N4CCC(C)CC4)c3)CC2)cc1. The Labute approximate surface area is 191 Å². The van der Waals surface area contributed by atoms with E-state index in [0.29, 0.717) is 37.0 Å². The van der Waals surface area contributed by atoms with Crippen LogP contribution in [0.2, 0.25) is 0 Å². The van der Waals surface area contributed by atoms with Crippen molar-refractivity contribution in [2.75, 3.05) is 39.3 Å². The second-order valence-electron chi connectivity index (χ2n) is 9.17. The Morgan fingerprint density at radius 3 is 2.25 bits per heavy atom. The number of piperidine rings is 1.